The highest BCUT2D eigenvalue weighted by molar-refractivity contribution is 5.79. The van der Waals surface area contributed by atoms with Gasteiger partial charge in [0.25, 0.3) is 0 Å². The zero-order chi connectivity index (χ0) is 13.3. The Bertz CT molecular complexity index is 243. The van der Waals surface area contributed by atoms with Crippen molar-refractivity contribution in [2.24, 2.45) is 0 Å². The second kappa shape index (κ2) is 22.1. The smallest absolute Gasteiger partial charge is 0.347 e. The molecule has 6 heteroatoms. The van der Waals surface area contributed by atoms with E-state index >= 15 is 0 Å². The summed E-state index contributed by atoms with van der Waals surface area (Å²) in [5.74, 6) is -1.29. The van der Waals surface area contributed by atoms with Gasteiger partial charge in [-0.3, -0.25) is 4.79 Å². The molecule has 0 aliphatic carbocycles. The Morgan fingerprint density at radius 3 is 2.00 bits per heavy atom. The summed E-state index contributed by atoms with van der Waals surface area (Å²) in [6.45, 7) is 3.17. The molecule has 2 unspecified atom stereocenters. The Hall–Kier alpha value is -1.14. The molecule has 0 fully saturated rings. The topological polar surface area (TPSA) is 93.1 Å². The van der Waals surface area contributed by atoms with Gasteiger partial charge in [0.2, 0.25) is 0 Å². The molecule has 6 nitrogen and oxygen atoms in total. The molecule has 0 amide bonds. The van der Waals surface area contributed by atoms with E-state index in [1.165, 1.54) is 6.92 Å². The minimum atomic E-state index is -0.995. The van der Waals surface area contributed by atoms with E-state index in [1.807, 2.05) is 0 Å². The Morgan fingerprint density at radius 1 is 1.09 bits per heavy atom. The second-order valence-corrected chi connectivity index (χ2v) is 3.64. The van der Waals surface area contributed by atoms with Crippen LogP contribution in [-0.2, 0) is 19.1 Å². The van der Waals surface area contributed by atoms with Crippen molar-refractivity contribution in [2.45, 2.75) is 82.5 Å². The van der Waals surface area contributed by atoms with E-state index < -0.39 is 24.1 Å². The summed E-state index contributed by atoms with van der Waals surface area (Å²) in [5.41, 5.74) is 0. The van der Waals surface area contributed by atoms with Crippen LogP contribution in [-0.4, -0.2) is 47.6 Å². The average Bonchev–Trinajstić information content (AvgIpc) is 2.28. The zero-order valence-corrected chi connectivity index (χ0v) is 10.2. The Morgan fingerprint density at radius 2 is 1.59 bits per heavy atom. The van der Waals surface area contributed by atoms with Crippen LogP contribution in [0.4, 0.5) is 0 Å². The number of ether oxygens (including phenoxy) is 2. The molecule has 0 spiro atoms. The van der Waals surface area contributed by atoms with Crippen LogP contribution in [0.5, 0.6) is 0 Å². The molecule has 0 saturated heterocycles. The van der Waals surface area contributed by atoms with E-state index in [9.17, 15) is 14.7 Å². The van der Waals surface area contributed by atoms with E-state index in [0.29, 0.717) is 12.8 Å². The summed E-state index contributed by atoms with van der Waals surface area (Å²) < 4.78 is 9.52. The lowest BCUT2D eigenvalue weighted by Crippen LogP contribution is -2.28. The van der Waals surface area contributed by atoms with Crippen LogP contribution >= 0.6 is 0 Å². The van der Waals surface area contributed by atoms with Crippen molar-refractivity contribution < 1.29 is 29.3 Å². The third kappa shape index (κ3) is 18.9. The summed E-state index contributed by atoms with van der Waals surface area (Å²) in [4.78, 5) is 22.5. The Kier molecular flexibility index (Phi) is 37.5. The highest BCUT2D eigenvalue weighted by Crippen LogP contribution is 2.03. The predicted molar refractivity (Wildman–Crippen MR) is 92.8 cm³/mol. The van der Waals surface area contributed by atoms with E-state index in [4.69, 9.17) is 14.6 Å². The number of hydrogen-bond acceptors (Lipinski definition) is 6. The lowest BCUT2D eigenvalue weighted by atomic mass is 10.2. The molecule has 0 heterocycles. The maximum atomic E-state index is 11.3. The van der Waals surface area contributed by atoms with Crippen LogP contribution in [0.15, 0.2) is 0 Å². The lowest BCUT2D eigenvalue weighted by Gasteiger charge is -2.13. The van der Waals surface area contributed by atoms with Gasteiger partial charge in [0.05, 0.1) is 19.1 Å². The van der Waals surface area contributed by atoms with Gasteiger partial charge in [0, 0.05) is 13.0 Å². The maximum Gasteiger partial charge on any atom is 0.347 e. The van der Waals surface area contributed by atoms with Crippen LogP contribution in [0.1, 0.15) is 70.2 Å². The molecular weight excluding hydrogens is 288 g/mol. The minimum absolute atomic E-state index is 0. The van der Waals surface area contributed by atoms with Gasteiger partial charge >= 0.3 is 11.9 Å². The first-order valence-corrected chi connectivity index (χ1v) is 5.66. The van der Waals surface area contributed by atoms with Crippen molar-refractivity contribution in [3.63, 3.8) is 0 Å². The summed E-state index contributed by atoms with van der Waals surface area (Å²) in [6.07, 6.45) is -1.08. The quantitative estimate of drug-likeness (QED) is 0.525. The number of hydrogen-bond donors (Lipinski definition) is 2. The van der Waals surface area contributed by atoms with Crippen LogP contribution in [0.2, 0.25) is 0 Å². The predicted octanol–water partition coefficient (Wildman–Crippen LogP) is 3.19. The van der Waals surface area contributed by atoms with Crippen molar-refractivity contribution in [1.29, 1.82) is 0 Å². The van der Waals surface area contributed by atoms with Gasteiger partial charge < -0.3 is 19.7 Å². The van der Waals surface area contributed by atoms with Crippen LogP contribution in [0.3, 0.4) is 0 Å². The van der Waals surface area contributed by atoms with Gasteiger partial charge in [0.15, 0.2) is 6.10 Å². The van der Waals surface area contributed by atoms with E-state index in [1.54, 1.807) is 6.92 Å². The first-order valence-electron chi connectivity index (χ1n) is 5.66. The molecule has 0 aromatic carbocycles. The molecular formula is C16H40O6. The first kappa shape index (κ1) is 37.3. The standard InChI is InChI=1S/C11H20O6.5CH4/c1-3-9(13)7-10(14)17-8(2)11(15)16-6-4-5-12;;;;;/h8-9,12-13H,3-7H2,1-2H3;5*1H4. The normalized spacial score (nSPS) is 10.7. The van der Waals surface area contributed by atoms with Gasteiger partial charge in [-0.05, 0) is 13.3 Å². The molecule has 0 saturated carbocycles. The molecule has 0 aliphatic rings. The summed E-state index contributed by atoms with van der Waals surface area (Å²) >= 11 is 0. The number of carbonyl (C=O) groups is 2. The molecule has 2 N–H and O–H groups in total. The Labute approximate surface area is 137 Å². The van der Waals surface area contributed by atoms with E-state index in [2.05, 4.69) is 0 Å². The maximum absolute atomic E-state index is 11.3. The molecule has 0 aromatic rings. The number of esters is 2. The molecule has 0 rings (SSSR count). The van der Waals surface area contributed by atoms with Gasteiger partial charge in [-0.2, -0.15) is 0 Å². The number of carbonyl (C=O) groups excluding carboxylic acids is 2. The number of aliphatic hydroxyl groups excluding tert-OH is 2. The first-order chi connectivity index (χ1) is 8.01. The third-order valence-electron chi connectivity index (χ3n) is 2.06. The van der Waals surface area contributed by atoms with Crippen LogP contribution in [0.25, 0.3) is 0 Å². The van der Waals surface area contributed by atoms with Crippen molar-refractivity contribution >= 4 is 11.9 Å². The van der Waals surface area contributed by atoms with Gasteiger partial charge in [0.1, 0.15) is 0 Å². The molecule has 0 radical (unpaired) electrons. The van der Waals surface area contributed by atoms with Crippen molar-refractivity contribution in [3.8, 4) is 0 Å². The van der Waals surface area contributed by atoms with Crippen LogP contribution < -0.4 is 0 Å². The summed E-state index contributed by atoms with van der Waals surface area (Å²) in [6, 6.07) is 0. The number of rotatable bonds is 8. The van der Waals surface area contributed by atoms with Crippen LogP contribution in [0, 0.1) is 0 Å². The second-order valence-electron chi connectivity index (χ2n) is 3.64. The lowest BCUT2D eigenvalue weighted by molar-refractivity contribution is -0.167. The molecule has 22 heavy (non-hydrogen) atoms. The summed E-state index contributed by atoms with van der Waals surface area (Å²) in [7, 11) is 0. The van der Waals surface area contributed by atoms with Crippen molar-refractivity contribution in [2.75, 3.05) is 13.2 Å². The SMILES string of the molecule is C.C.C.C.C.CCC(O)CC(=O)OC(C)C(=O)OCCCO. The molecule has 0 aromatic heterocycles. The average molecular weight is 328 g/mol. The zero-order valence-electron chi connectivity index (χ0n) is 10.2. The minimum Gasteiger partial charge on any atom is -0.463 e. The van der Waals surface area contributed by atoms with Gasteiger partial charge in [-0.15, -0.1) is 0 Å². The van der Waals surface area contributed by atoms with Gasteiger partial charge in [-0.1, -0.05) is 44.1 Å². The fraction of sp³-hybridized carbons (Fsp3) is 0.875. The summed E-state index contributed by atoms with van der Waals surface area (Å²) in [5, 5.41) is 17.7. The molecule has 2 atom stereocenters. The highest BCUT2D eigenvalue weighted by atomic mass is 16.6. The fourth-order valence-corrected chi connectivity index (χ4v) is 0.985. The van der Waals surface area contributed by atoms with Crippen molar-refractivity contribution in [3.05, 3.63) is 0 Å². The monoisotopic (exact) mass is 328 g/mol. The fourth-order valence-electron chi connectivity index (χ4n) is 0.985. The van der Waals surface area contributed by atoms with Gasteiger partial charge in [-0.25, -0.2) is 4.79 Å². The highest BCUT2D eigenvalue weighted by Gasteiger charge is 2.20. The molecule has 0 bridgehead atoms. The third-order valence-corrected chi connectivity index (χ3v) is 2.06. The molecule has 0 aliphatic heterocycles. The van der Waals surface area contributed by atoms with E-state index in [-0.39, 0.29) is 56.8 Å². The van der Waals surface area contributed by atoms with E-state index in [0.717, 1.165) is 0 Å². The molecule has 140 valence electrons. The number of aliphatic hydroxyl groups is 2. The largest absolute Gasteiger partial charge is 0.463 e. The Balaban J connectivity index is -0.000000128. The van der Waals surface area contributed by atoms with Crippen molar-refractivity contribution in [1.82, 2.24) is 0 Å².